The van der Waals surface area contributed by atoms with Crippen LogP contribution in [-0.2, 0) is 14.8 Å². The van der Waals surface area contributed by atoms with Gasteiger partial charge in [0.25, 0.3) is 5.91 Å². The minimum absolute atomic E-state index is 0.0957. The van der Waals surface area contributed by atoms with E-state index in [-0.39, 0.29) is 29.5 Å². The van der Waals surface area contributed by atoms with Crippen LogP contribution in [0.2, 0.25) is 0 Å². The van der Waals surface area contributed by atoms with Crippen LogP contribution in [0.25, 0.3) is 0 Å². The summed E-state index contributed by atoms with van der Waals surface area (Å²) in [6, 6.07) is 4.50. The molecule has 0 bridgehead atoms. The zero-order valence-corrected chi connectivity index (χ0v) is 15.2. The monoisotopic (exact) mass is 342 g/mol. The second-order valence-electron chi connectivity index (χ2n) is 5.87. The average molecular weight is 342 g/mol. The fourth-order valence-corrected chi connectivity index (χ4v) is 3.23. The predicted octanol–water partition coefficient (Wildman–Crippen LogP) is 1.98. The molecule has 0 saturated heterocycles. The lowest BCUT2D eigenvalue weighted by Gasteiger charge is -2.14. The number of sulfonamides is 1. The summed E-state index contributed by atoms with van der Waals surface area (Å²) >= 11 is 0. The SMILES string of the molecule is CC[C@H](C)NC(=O)COc1ccc(S(=O)(=O)NC(C)C)cc1C. The Labute approximate surface area is 138 Å². The van der Waals surface area contributed by atoms with E-state index in [0.29, 0.717) is 11.3 Å². The standard InChI is InChI=1S/C16H26N2O4S/c1-6-13(5)17-16(19)10-22-15-8-7-14(9-12(15)4)23(20,21)18-11(2)3/h7-9,11,13,18H,6,10H2,1-5H3,(H,17,19)/t13-/m0/s1. The van der Waals surface area contributed by atoms with Gasteiger partial charge in [-0.05, 0) is 57.9 Å². The van der Waals surface area contributed by atoms with Crippen LogP contribution in [0.3, 0.4) is 0 Å². The molecule has 0 aliphatic carbocycles. The highest BCUT2D eigenvalue weighted by atomic mass is 32.2. The first-order valence-electron chi connectivity index (χ1n) is 7.70. The number of hydrogen-bond acceptors (Lipinski definition) is 4. The molecule has 0 aromatic heterocycles. The Hall–Kier alpha value is -1.60. The largest absolute Gasteiger partial charge is 0.484 e. The quantitative estimate of drug-likeness (QED) is 0.756. The summed E-state index contributed by atoms with van der Waals surface area (Å²) in [4.78, 5) is 11.9. The van der Waals surface area contributed by atoms with Gasteiger partial charge in [-0.15, -0.1) is 0 Å². The Morgan fingerprint density at radius 3 is 2.43 bits per heavy atom. The van der Waals surface area contributed by atoms with E-state index in [1.165, 1.54) is 12.1 Å². The van der Waals surface area contributed by atoms with Gasteiger partial charge in [-0.3, -0.25) is 4.79 Å². The van der Waals surface area contributed by atoms with Gasteiger partial charge in [-0.2, -0.15) is 0 Å². The van der Waals surface area contributed by atoms with Gasteiger partial charge in [0.1, 0.15) is 5.75 Å². The van der Waals surface area contributed by atoms with Crippen LogP contribution in [0.4, 0.5) is 0 Å². The van der Waals surface area contributed by atoms with E-state index < -0.39 is 10.0 Å². The van der Waals surface area contributed by atoms with Crippen molar-refractivity contribution in [1.82, 2.24) is 10.0 Å². The van der Waals surface area contributed by atoms with E-state index in [0.717, 1.165) is 6.42 Å². The fraction of sp³-hybridized carbons (Fsp3) is 0.562. The summed E-state index contributed by atoms with van der Waals surface area (Å²) in [5, 5.41) is 2.81. The molecule has 0 heterocycles. The summed E-state index contributed by atoms with van der Waals surface area (Å²) in [5.74, 6) is 0.296. The number of amides is 1. The van der Waals surface area contributed by atoms with Crippen molar-refractivity contribution in [2.45, 2.75) is 58.0 Å². The van der Waals surface area contributed by atoms with Crippen LogP contribution in [-0.4, -0.2) is 33.0 Å². The number of hydrogen-bond donors (Lipinski definition) is 2. The molecule has 6 nitrogen and oxygen atoms in total. The number of nitrogens with one attached hydrogen (secondary N) is 2. The lowest BCUT2D eigenvalue weighted by Crippen LogP contribution is -2.35. The molecule has 0 aliphatic rings. The van der Waals surface area contributed by atoms with E-state index in [2.05, 4.69) is 10.0 Å². The van der Waals surface area contributed by atoms with Gasteiger partial charge in [-0.25, -0.2) is 13.1 Å². The number of aryl methyl sites for hydroxylation is 1. The topological polar surface area (TPSA) is 84.5 Å². The Kier molecular flexibility index (Phi) is 7.02. The first-order valence-corrected chi connectivity index (χ1v) is 9.19. The molecule has 1 aromatic carbocycles. The summed E-state index contributed by atoms with van der Waals surface area (Å²) in [7, 11) is -3.53. The molecule has 0 unspecified atom stereocenters. The van der Waals surface area contributed by atoms with Gasteiger partial charge in [-0.1, -0.05) is 6.92 Å². The van der Waals surface area contributed by atoms with Crippen molar-refractivity contribution >= 4 is 15.9 Å². The molecule has 1 amide bonds. The second kappa shape index (κ2) is 8.31. The Bertz CT molecular complexity index is 641. The Morgan fingerprint density at radius 1 is 1.26 bits per heavy atom. The minimum atomic E-state index is -3.53. The van der Waals surface area contributed by atoms with Crippen LogP contribution in [0.15, 0.2) is 23.1 Å². The number of rotatable bonds is 8. The maximum atomic E-state index is 12.1. The third-order valence-corrected chi connectivity index (χ3v) is 4.88. The van der Waals surface area contributed by atoms with Gasteiger partial charge in [0.05, 0.1) is 4.90 Å². The maximum Gasteiger partial charge on any atom is 0.258 e. The molecule has 1 aromatic rings. The summed E-state index contributed by atoms with van der Waals surface area (Å²) in [5.41, 5.74) is 0.660. The van der Waals surface area contributed by atoms with Gasteiger partial charge in [0.2, 0.25) is 10.0 Å². The van der Waals surface area contributed by atoms with Crippen molar-refractivity contribution in [3.05, 3.63) is 23.8 Å². The summed E-state index contributed by atoms with van der Waals surface area (Å²) in [6.07, 6.45) is 0.847. The predicted molar refractivity (Wildman–Crippen MR) is 90.0 cm³/mol. The molecule has 2 N–H and O–H groups in total. The molecule has 0 spiro atoms. The van der Waals surface area contributed by atoms with Crippen LogP contribution in [0.1, 0.15) is 39.7 Å². The molecule has 7 heteroatoms. The van der Waals surface area contributed by atoms with Crippen molar-refractivity contribution in [3.63, 3.8) is 0 Å². The lowest BCUT2D eigenvalue weighted by atomic mass is 10.2. The van der Waals surface area contributed by atoms with Crippen molar-refractivity contribution in [3.8, 4) is 5.75 Å². The molecule has 1 rings (SSSR count). The van der Waals surface area contributed by atoms with Crippen LogP contribution >= 0.6 is 0 Å². The Morgan fingerprint density at radius 2 is 1.91 bits per heavy atom. The highest BCUT2D eigenvalue weighted by molar-refractivity contribution is 7.89. The van der Waals surface area contributed by atoms with Crippen LogP contribution in [0.5, 0.6) is 5.75 Å². The third kappa shape index (κ3) is 6.19. The molecule has 0 aliphatic heterocycles. The van der Waals surface area contributed by atoms with Gasteiger partial charge >= 0.3 is 0 Å². The average Bonchev–Trinajstić information content (AvgIpc) is 2.44. The highest BCUT2D eigenvalue weighted by Crippen LogP contribution is 2.21. The van der Waals surface area contributed by atoms with Crippen LogP contribution < -0.4 is 14.8 Å². The molecule has 23 heavy (non-hydrogen) atoms. The smallest absolute Gasteiger partial charge is 0.258 e. The van der Waals surface area contributed by atoms with E-state index >= 15 is 0 Å². The first-order chi connectivity index (χ1) is 10.7. The molecule has 1 atom stereocenters. The van der Waals surface area contributed by atoms with Crippen molar-refractivity contribution in [1.29, 1.82) is 0 Å². The lowest BCUT2D eigenvalue weighted by molar-refractivity contribution is -0.123. The van der Waals surface area contributed by atoms with Crippen molar-refractivity contribution in [2.75, 3.05) is 6.61 Å². The highest BCUT2D eigenvalue weighted by Gasteiger charge is 2.17. The van der Waals surface area contributed by atoms with E-state index in [4.69, 9.17) is 4.74 Å². The zero-order valence-electron chi connectivity index (χ0n) is 14.3. The minimum Gasteiger partial charge on any atom is -0.484 e. The molecule has 0 radical (unpaired) electrons. The zero-order chi connectivity index (χ0) is 17.6. The molecular weight excluding hydrogens is 316 g/mol. The van der Waals surface area contributed by atoms with Crippen LogP contribution in [0, 0.1) is 6.92 Å². The van der Waals surface area contributed by atoms with Crippen molar-refractivity contribution < 1.29 is 17.9 Å². The number of benzene rings is 1. The third-order valence-electron chi connectivity index (χ3n) is 3.23. The number of carbonyl (C=O) groups is 1. The molecular formula is C16H26N2O4S. The van der Waals surface area contributed by atoms with Gasteiger partial charge in [0, 0.05) is 12.1 Å². The van der Waals surface area contributed by atoms with E-state index in [1.807, 2.05) is 13.8 Å². The Balaban J connectivity index is 2.76. The van der Waals surface area contributed by atoms with Gasteiger partial charge in [0.15, 0.2) is 6.61 Å². The van der Waals surface area contributed by atoms with E-state index in [9.17, 15) is 13.2 Å². The maximum absolute atomic E-state index is 12.1. The molecule has 0 fully saturated rings. The number of ether oxygens (including phenoxy) is 1. The normalized spacial score (nSPS) is 13.0. The second-order valence-corrected chi connectivity index (χ2v) is 7.58. The molecule has 130 valence electrons. The van der Waals surface area contributed by atoms with E-state index in [1.54, 1.807) is 26.8 Å². The van der Waals surface area contributed by atoms with Gasteiger partial charge < -0.3 is 10.1 Å². The summed E-state index contributed by atoms with van der Waals surface area (Å²) < 4.78 is 32.2. The fourth-order valence-electron chi connectivity index (χ4n) is 1.89. The molecule has 0 saturated carbocycles. The first kappa shape index (κ1) is 19.4. The summed E-state index contributed by atoms with van der Waals surface area (Å²) in [6.45, 7) is 9.08. The van der Waals surface area contributed by atoms with Crippen molar-refractivity contribution in [2.24, 2.45) is 0 Å². The number of carbonyl (C=O) groups excluding carboxylic acids is 1.